The Balaban J connectivity index is 1.28. The van der Waals surface area contributed by atoms with Gasteiger partial charge in [-0.25, -0.2) is 0 Å². The highest BCUT2D eigenvalue weighted by atomic mass is 35.5. The first-order valence-corrected chi connectivity index (χ1v) is 17.9. The van der Waals surface area contributed by atoms with E-state index in [1.807, 2.05) is 48.5 Å². The van der Waals surface area contributed by atoms with Gasteiger partial charge in [-0.15, -0.1) is 0 Å². The second kappa shape index (κ2) is 11.4. The fourth-order valence-electron chi connectivity index (χ4n) is 9.14. The van der Waals surface area contributed by atoms with Gasteiger partial charge in [-0.1, -0.05) is 54.0 Å². The minimum atomic E-state index is -0.491. The van der Waals surface area contributed by atoms with Crippen LogP contribution in [0.1, 0.15) is 65.9 Å². The van der Waals surface area contributed by atoms with E-state index in [0.717, 1.165) is 64.3 Å². The topological polar surface area (TPSA) is 91.9 Å². The summed E-state index contributed by atoms with van der Waals surface area (Å²) in [6.45, 7) is 15.0. The smallest absolute Gasteiger partial charge is 0.201 e. The second-order valence-corrected chi connectivity index (χ2v) is 15.7. The van der Waals surface area contributed by atoms with Gasteiger partial charge >= 0.3 is 0 Å². The number of aliphatic hydroxyl groups is 1. The maximum absolute atomic E-state index is 14.3. The van der Waals surface area contributed by atoms with Crippen molar-refractivity contribution in [1.29, 1.82) is 0 Å². The van der Waals surface area contributed by atoms with E-state index in [1.54, 1.807) is 0 Å². The van der Waals surface area contributed by atoms with Gasteiger partial charge in [-0.05, 0) is 82.2 Å². The number of ketones is 1. The first kappa shape index (κ1) is 32.5. The SMILES string of the molecule is C=c1/c(=C2/C(=O)C(c3ccc4c(Cl)ccc5c4c3NC3(CC(C)OC(C)C3)N5)=C2O)ccc2c(Cl)ccc(NC3(C)CC(C)OC(C)C3)c12. The van der Waals surface area contributed by atoms with Gasteiger partial charge in [0.25, 0.3) is 0 Å². The summed E-state index contributed by atoms with van der Waals surface area (Å²) in [4.78, 5) is 14.3. The third kappa shape index (κ3) is 5.20. The van der Waals surface area contributed by atoms with Crippen molar-refractivity contribution in [3.63, 3.8) is 0 Å². The minimum Gasteiger partial charge on any atom is -0.506 e. The van der Waals surface area contributed by atoms with Crippen LogP contribution in [0.15, 0.2) is 54.3 Å². The fraction of sp³-hybridized carbons (Fsp3) is 0.375. The lowest BCUT2D eigenvalue weighted by Gasteiger charge is -2.48. The number of benzene rings is 4. The van der Waals surface area contributed by atoms with Gasteiger partial charge < -0.3 is 30.5 Å². The lowest BCUT2D eigenvalue weighted by Crippen LogP contribution is -2.55. The molecule has 0 bridgehead atoms. The lowest BCUT2D eigenvalue weighted by molar-refractivity contribution is -0.109. The van der Waals surface area contributed by atoms with Crippen LogP contribution < -0.4 is 26.4 Å². The molecule has 7 nitrogen and oxygen atoms in total. The van der Waals surface area contributed by atoms with Crippen molar-refractivity contribution < 1.29 is 19.4 Å². The Hall–Kier alpha value is -3.75. The summed E-state index contributed by atoms with van der Waals surface area (Å²) in [5.74, 6) is -0.285. The summed E-state index contributed by atoms with van der Waals surface area (Å²) in [5, 5.41) is 28.9. The predicted molar refractivity (Wildman–Crippen MR) is 201 cm³/mol. The van der Waals surface area contributed by atoms with E-state index in [-0.39, 0.29) is 52.6 Å². The summed E-state index contributed by atoms with van der Waals surface area (Å²) in [5.41, 5.74) is 3.06. The molecule has 9 heteroatoms. The Morgan fingerprint density at radius 2 is 1.39 bits per heavy atom. The quantitative estimate of drug-likeness (QED) is 0.171. The first-order valence-electron chi connectivity index (χ1n) is 17.1. The van der Waals surface area contributed by atoms with E-state index in [4.69, 9.17) is 32.7 Å². The monoisotopic (exact) mass is 697 g/mol. The molecule has 2 saturated heterocycles. The summed E-state index contributed by atoms with van der Waals surface area (Å²) in [7, 11) is 0. The highest BCUT2D eigenvalue weighted by Gasteiger charge is 2.44. The van der Waals surface area contributed by atoms with Crippen molar-refractivity contribution in [2.75, 3.05) is 16.0 Å². The minimum absolute atomic E-state index is 0.0234. The second-order valence-electron chi connectivity index (χ2n) is 14.9. The van der Waals surface area contributed by atoms with Gasteiger partial charge in [-0.2, -0.15) is 0 Å². The van der Waals surface area contributed by atoms with Crippen LogP contribution in [-0.4, -0.2) is 46.5 Å². The van der Waals surface area contributed by atoms with Gasteiger partial charge in [-0.3, -0.25) is 4.79 Å². The molecule has 4 aromatic carbocycles. The number of nitrogens with one attached hydrogen (secondary N) is 3. The van der Waals surface area contributed by atoms with Crippen LogP contribution in [0.5, 0.6) is 0 Å². The molecule has 3 heterocycles. The fourth-order valence-corrected chi connectivity index (χ4v) is 9.58. The number of allylic oxidation sites excluding steroid dienone is 2. The van der Waals surface area contributed by atoms with Crippen LogP contribution in [0.3, 0.4) is 0 Å². The number of hydrogen-bond donors (Lipinski definition) is 4. The molecule has 1 spiro atoms. The average Bonchev–Trinajstić information content (AvgIpc) is 3.01. The van der Waals surface area contributed by atoms with Gasteiger partial charge in [0.2, 0.25) is 5.78 Å². The number of Topliss-reactive ketones (excluding diaryl/α,β-unsaturated/α-hetero) is 1. The van der Waals surface area contributed by atoms with E-state index in [9.17, 15) is 9.90 Å². The number of hydrogen-bond acceptors (Lipinski definition) is 7. The van der Waals surface area contributed by atoms with Crippen molar-refractivity contribution in [2.45, 2.75) is 95.9 Å². The molecule has 0 saturated carbocycles. The van der Waals surface area contributed by atoms with Crippen molar-refractivity contribution in [3.8, 4) is 0 Å². The Bertz CT molecular complexity index is 2230. The van der Waals surface area contributed by atoms with Crippen LogP contribution in [-0.2, 0) is 14.3 Å². The molecular formula is C40H41Cl2N3O4. The van der Waals surface area contributed by atoms with Crippen LogP contribution >= 0.6 is 23.2 Å². The predicted octanol–water partition coefficient (Wildman–Crippen LogP) is 8.29. The van der Waals surface area contributed by atoms with Crippen molar-refractivity contribution in [1.82, 2.24) is 0 Å². The number of carbonyl (C=O) groups excluding carboxylic acids is 1. The number of fused-ring (bicyclic) bond motifs is 1. The Kier molecular flexibility index (Phi) is 7.54. The molecule has 1 aliphatic carbocycles. The Morgan fingerprint density at radius 1 is 0.796 bits per heavy atom. The average molecular weight is 699 g/mol. The van der Waals surface area contributed by atoms with Crippen molar-refractivity contribution >= 4 is 85.3 Å². The molecule has 4 atom stereocenters. The summed E-state index contributed by atoms with van der Waals surface area (Å²) >= 11 is 13.4. The van der Waals surface area contributed by atoms with Crippen LogP contribution in [0.4, 0.5) is 17.1 Å². The molecule has 254 valence electrons. The summed E-state index contributed by atoms with van der Waals surface area (Å²) in [6, 6.07) is 15.3. The van der Waals surface area contributed by atoms with E-state index >= 15 is 0 Å². The maximum atomic E-state index is 14.3. The normalized spacial score (nSPS) is 30.7. The molecular weight excluding hydrogens is 657 g/mol. The van der Waals surface area contributed by atoms with Crippen LogP contribution in [0, 0.1) is 0 Å². The lowest BCUT2D eigenvalue weighted by atomic mass is 9.79. The molecule has 49 heavy (non-hydrogen) atoms. The number of anilines is 3. The molecule has 0 amide bonds. The van der Waals surface area contributed by atoms with Crippen molar-refractivity contribution in [2.24, 2.45) is 0 Å². The standard InChI is InChI=1S/C40H41Cl2N3O4/c1-19-15-39(6,16-20(2)48-19)43-30-13-11-28(41)25-8-7-24(23(5)32(25)30)34-37(46)35(38(34)47)27-10-9-26-29(42)12-14-31-33(26)36(27)45-40(44-31)17-21(3)49-22(4)18-40/h7-14,19-22,43-46H,5,15-18H2,1-4,6H3/b34-24+. The zero-order valence-corrected chi connectivity index (χ0v) is 29.9. The highest BCUT2D eigenvalue weighted by Crippen LogP contribution is 2.50. The Morgan fingerprint density at radius 3 is 2.04 bits per heavy atom. The van der Waals surface area contributed by atoms with Crippen LogP contribution in [0.2, 0.25) is 10.0 Å². The number of aliphatic hydroxyl groups excluding tert-OH is 1. The zero-order chi connectivity index (χ0) is 34.6. The number of carbonyl (C=O) groups is 1. The first-order chi connectivity index (χ1) is 23.3. The zero-order valence-electron chi connectivity index (χ0n) is 28.4. The highest BCUT2D eigenvalue weighted by molar-refractivity contribution is 6.52. The molecule has 2 fully saturated rings. The number of halogens is 2. The molecule has 4 unspecified atom stereocenters. The molecule has 4 aromatic rings. The van der Waals surface area contributed by atoms with E-state index in [1.165, 1.54) is 0 Å². The number of ether oxygens (including phenoxy) is 2. The van der Waals surface area contributed by atoms with E-state index < -0.39 is 5.66 Å². The molecule has 8 rings (SSSR count). The third-order valence-corrected chi connectivity index (χ3v) is 11.3. The summed E-state index contributed by atoms with van der Waals surface area (Å²) in [6.07, 6.45) is 3.39. The van der Waals surface area contributed by atoms with Gasteiger partial charge in [0.1, 0.15) is 11.4 Å². The maximum Gasteiger partial charge on any atom is 0.201 e. The van der Waals surface area contributed by atoms with Gasteiger partial charge in [0.05, 0.1) is 41.2 Å². The van der Waals surface area contributed by atoms with E-state index in [0.29, 0.717) is 26.0 Å². The van der Waals surface area contributed by atoms with E-state index in [2.05, 4.69) is 57.1 Å². The van der Waals surface area contributed by atoms with Gasteiger partial charge in [0.15, 0.2) is 0 Å². The molecule has 4 N–H and O–H groups in total. The van der Waals surface area contributed by atoms with Crippen LogP contribution in [0.25, 0.3) is 39.3 Å². The molecule has 3 aliphatic heterocycles. The third-order valence-electron chi connectivity index (χ3n) is 10.7. The van der Waals surface area contributed by atoms with Crippen molar-refractivity contribution in [3.05, 3.63) is 80.3 Å². The molecule has 4 aliphatic rings. The summed E-state index contributed by atoms with van der Waals surface area (Å²) < 4.78 is 12.1. The number of rotatable bonds is 3. The van der Waals surface area contributed by atoms with Gasteiger partial charge in [0, 0.05) is 66.9 Å². The Labute approximate surface area is 295 Å². The molecule has 0 radical (unpaired) electrons. The molecule has 0 aromatic heterocycles. The largest absolute Gasteiger partial charge is 0.506 e.